The van der Waals surface area contributed by atoms with E-state index in [1.165, 1.54) is 0 Å². The minimum Gasteiger partial charge on any atom is -0.395 e. The zero-order valence-corrected chi connectivity index (χ0v) is 13.6. The van der Waals surface area contributed by atoms with Crippen LogP contribution in [0.25, 0.3) is 0 Å². The second-order valence-electron chi connectivity index (χ2n) is 7.55. The molecule has 0 aromatic heterocycles. The maximum absolute atomic E-state index is 8.94. The summed E-state index contributed by atoms with van der Waals surface area (Å²) in [6.45, 7) is 13.3. The van der Waals surface area contributed by atoms with E-state index in [-0.39, 0.29) is 17.7 Å². The zero-order chi connectivity index (χ0) is 14.7. The molecular weight excluding hydrogens is 238 g/mol. The van der Waals surface area contributed by atoms with Crippen LogP contribution in [-0.4, -0.2) is 59.9 Å². The summed E-state index contributed by atoms with van der Waals surface area (Å²) in [7, 11) is 2.06. The van der Waals surface area contributed by atoms with Gasteiger partial charge in [-0.15, -0.1) is 0 Å². The molecule has 0 aliphatic carbocycles. The van der Waals surface area contributed by atoms with Gasteiger partial charge in [0.25, 0.3) is 0 Å². The third kappa shape index (κ3) is 6.21. The molecule has 0 saturated carbocycles. The summed E-state index contributed by atoms with van der Waals surface area (Å²) in [5.41, 5.74) is 0.381. The first-order valence-corrected chi connectivity index (χ1v) is 7.48. The molecule has 1 atom stereocenters. The van der Waals surface area contributed by atoms with E-state index in [1.54, 1.807) is 0 Å². The Balaban J connectivity index is 2.47. The number of nitrogens with one attached hydrogen (secondary N) is 2. The van der Waals surface area contributed by atoms with Crippen LogP contribution in [0.2, 0.25) is 0 Å². The average molecular weight is 271 g/mol. The lowest BCUT2D eigenvalue weighted by molar-refractivity contribution is 0.134. The van der Waals surface area contributed by atoms with Crippen molar-refractivity contribution in [1.82, 2.24) is 15.5 Å². The molecule has 1 rings (SSSR count). The van der Waals surface area contributed by atoms with Gasteiger partial charge in [-0.25, -0.2) is 0 Å². The fourth-order valence-electron chi connectivity index (χ4n) is 3.62. The largest absolute Gasteiger partial charge is 0.395 e. The molecule has 0 aromatic carbocycles. The summed E-state index contributed by atoms with van der Waals surface area (Å²) in [4.78, 5) is 2.18. The third-order valence-corrected chi connectivity index (χ3v) is 3.78. The van der Waals surface area contributed by atoms with Gasteiger partial charge in [0, 0.05) is 36.3 Å². The molecule has 3 N–H and O–H groups in total. The number of likely N-dealkylation sites (N-methyl/N-ethyl adjacent to an activating group) is 1. The van der Waals surface area contributed by atoms with E-state index in [2.05, 4.69) is 57.2 Å². The Kier molecular flexibility index (Phi) is 5.80. The summed E-state index contributed by atoms with van der Waals surface area (Å²) in [5, 5.41) is 16.4. The van der Waals surface area contributed by atoms with Gasteiger partial charge in [-0.2, -0.15) is 0 Å². The van der Waals surface area contributed by atoms with Crippen LogP contribution in [0.1, 0.15) is 47.5 Å². The third-order valence-electron chi connectivity index (χ3n) is 3.78. The van der Waals surface area contributed by atoms with Crippen LogP contribution in [0.15, 0.2) is 0 Å². The number of hydrogen-bond acceptors (Lipinski definition) is 4. The fraction of sp³-hybridized carbons (Fsp3) is 1.00. The molecule has 114 valence electrons. The Labute approximate surface area is 118 Å². The highest BCUT2D eigenvalue weighted by Crippen LogP contribution is 2.28. The van der Waals surface area contributed by atoms with Crippen LogP contribution in [0.5, 0.6) is 0 Å². The molecule has 1 saturated heterocycles. The molecule has 1 aliphatic rings. The van der Waals surface area contributed by atoms with Gasteiger partial charge in [-0.1, -0.05) is 0 Å². The number of aliphatic hydroxyl groups excluding tert-OH is 1. The van der Waals surface area contributed by atoms with Crippen LogP contribution >= 0.6 is 0 Å². The summed E-state index contributed by atoms with van der Waals surface area (Å²) in [6, 6.07) is 1.01. The molecule has 0 amide bonds. The lowest BCUT2D eigenvalue weighted by Gasteiger charge is -2.47. The molecule has 0 radical (unpaired) electrons. The summed E-state index contributed by atoms with van der Waals surface area (Å²) in [6.07, 6.45) is 2.31. The predicted octanol–water partition coefficient (Wildman–Crippen LogP) is 1.20. The monoisotopic (exact) mass is 271 g/mol. The quantitative estimate of drug-likeness (QED) is 0.679. The van der Waals surface area contributed by atoms with Gasteiger partial charge in [0.15, 0.2) is 0 Å². The molecule has 1 fully saturated rings. The molecule has 0 bridgehead atoms. The van der Waals surface area contributed by atoms with Gasteiger partial charge in [-0.05, 0) is 54.5 Å². The number of aliphatic hydroxyl groups is 1. The van der Waals surface area contributed by atoms with Crippen molar-refractivity contribution in [2.75, 3.05) is 26.7 Å². The minimum absolute atomic E-state index is 0.191. The van der Waals surface area contributed by atoms with Crippen LogP contribution < -0.4 is 10.6 Å². The zero-order valence-electron chi connectivity index (χ0n) is 13.6. The molecule has 1 heterocycles. The normalized spacial score (nSPS) is 24.6. The molecular formula is C15H33N3O. The topological polar surface area (TPSA) is 47.5 Å². The van der Waals surface area contributed by atoms with Crippen molar-refractivity contribution >= 4 is 0 Å². The van der Waals surface area contributed by atoms with E-state index < -0.39 is 0 Å². The van der Waals surface area contributed by atoms with Crippen molar-refractivity contribution in [3.63, 3.8) is 0 Å². The number of hydrogen-bond donors (Lipinski definition) is 3. The maximum Gasteiger partial charge on any atom is 0.0558 e. The molecule has 19 heavy (non-hydrogen) atoms. The van der Waals surface area contributed by atoms with Crippen molar-refractivity contribution in [3.8, 4) is 0 Å². The van der Waals surface area contributed by atoms with Crippen molar-refractivity contribution in [3.05, 3.63) is 0 Å². The van der Waals surface area contributed by atoms with Crippen LogP contribution in [0.3, 0.4) is 0 Å². The second kappa shape index (κ2) is 6.53. The van der Waals surface area contributed by atoms with Gasteiger partial charge in [0.1, 0.15) is 0 Å². The fourth-order valence-corrected chi connectivity index (χ4v) is 3.62. The van der Waals surface area contributed by atoms with E-state index >= 15 is 0 Å². The van der Waals surface area contributed by atoms with Gasteiger partial charge >= 0.3 is 0 Å². The Bertz CT molecular complexity index is 263. The van der Waals surface area contributed by atoms with E-state index in [0.29, 0.717) is 12.1 Å². The summed E-state index contributed by atoms with van der Waals surface area (Å²) >= 11 is 0. The first kappa shape index (κ1) is 16.9. The van der Waals surface area contributed by atoms with Crippen molar-refractivity contribution in [2.24, 2.45) is 0 Å². The molecule has 1 aliphatic heterocycles. The van der Waals surface area contributed by atoms with Crippen LogP contribution in [0.4, 0.5) is 0 Å². The first-order valence-electron chi connectivity index (χ1n) is 7.48. The van der Waals surface area contributed by atoms with Gasteiger partial charge in [0.05, 0.1) is 6.61 Å². The van der Waals surface area contributed by atoms with Crippen molar-refractivity contribution in [2.45, 2.75) is 70.6 Å². The van der Waals surface area contributed by atoms with E-state index in [1.807, 2.05) is 0 Å². The van der Waals surface area contributed by atoms with Crippen LogP contribution in [-0.2, 0) is 0 Å². The SMILES string of the molecule is C[C@@H](CN(C)CCO)NC1CC(C)(C)NC(C)(C)C1. The first-order chi connectivity index (χ1) is 8.63. The Morgan fingerprint density at radius 3 is 2.26 bits per heavy atom. The lowest BCUT2D eigenvalue weighted by Crippen LogP contribution is -2.62. The standard InChI is InChI=1S/C15H33N3O/c1-12(11-18(6)7-8-19)16-13-9-14(2,3)17-15(4,5)10-13/h12-13,16-17,19H,7-11H2,1-6H3/t12-/m0/s1. The van der Waals surface area contributed by atoms with E-state index in [9.17, 15) is 0 Å². The highest BCUT2D eigenvalue weighted by molar-refractivity contribution is 5.00. The highest BCUT2D eigenvalue weighted by Gasteiger charge is 2.37. The molecule has 0 unspecified atom stereocenters. The number of rotatable bonds is 6. The van der Waals surface area contributed by atoms with Gasteiger partial charge in [-0.3, -0.25) is 0 Å². The van der Waals surface area contributed by atoms with Crippen molar-refractivity contribution in [1.29, 1.82) is 0 Å². The number of nitrogens with zero attached hydrogens (tertiary/aromatic N) is 1. The van der Waals surface area contributed by atoms with E-state index in [0.717, 1.165) is 25.9 Å². The molecule has 4 heteroatoms. The minimum atomic E-state index is 0.191. The van der Waals surface area contributed by atoms with Gasteiger partial charge < -0.3 is 20.6 Å². The Morgan fingerprint density at radius 2 is 1.79 bits per heavy atom. The molecule has 0 spiro atoms. The van der Waals surface area contributed by atoms with Crippen molar-refractivity contribution < 1.29 is 5.11 Å². The lowest BCUT2D eigenvalue weighted by atomic mass is 9.79. The van der Waals surface area contributed by atoms with E-state index in [4.69, 9.17) is 5.11 Å². The summed E-state index contributed by atoms with van der Waals surface area (Å²) in [5.74, 6) is 0. The van der Waals surface area contributed by atoms with Gasteiger partial charge in [0.2, 0.25) is 0 Å². The Hall–Kier alpha value is -0.160. The Morgan fingerprint density at radius 1 is 1.26 bits per heavy atom. The highest BCUT2D eigenvalue weighted by atomic mass is 16.3. The number of piperidine rings is 1. The second-order valence-corrected chi connectivity index (χ2v) is 7.55. The van der Waals surface area contributed by atoms with Crippen LogP contribution in [0, 0.1) is 0 Å². The average Bonchev–Trinajstić information content (AvgIpc) is 2.10. The smallest absolute Gasteiger partial charge is 0.0558 e. The summed E-state index contributed by atoms with van der Waals surface area (Å²) < 4.78 is 0. The molecule has 4 nitrogen and oxygen atoms in total. The predicted molar refractivity (Wildman–Crippen MR) is 81.5 cm³/mol. The maximum atomic E-state index is 8.94. The molecule has 0 aromatic rings.